The smallest absolute Gasteiger partial charge is 0.246 e. The monoisotopic (exact) mass is 479 g/mol. The molecule has 0 saturated carbocycles. The molecule has 1 aliphatic heterocycles. The molecule has 1 unspecified atom stereocenters. The van der Waals surface area contributed by atoms with Crippen molar-refractivity contribution in [2.45, 2.75) is 25.8 Å². The first-order chi connectivity index (χ1) is 12.4. The van der Waals surface area contributed by atoms with Crippen molar-refractivity contribution in [3.8, 4) is 0 Å². The van der Waals surface area contributed by atoms with E-state index in [4.69, 9.17) is 0 Å². The third-order valence-electron chi connectivity index (χ3n) is 4.22. The molecule has 26 heavy (non-hydrogen) atoms. The third-order valence-corrected chi connectivity index (χ3v) is 5.37. The van der Waals surface area contributed by atoms with Crippen LogP contribution in [0.4, 0.5) is 17.1 Å². The van der Waals surface area contributed by atoms with Crippen LogP contribution in [-0.4, -0.2) is 24.4 Å². The molecule has 1 heterocycles. The van der Waals surface area contributed by atoms with Gasteiger partial charge in [-0.05, 0) is 71.7 Å². The Morgan fingerprint density at radius 2 is 1.88 bits per heavy atom. The summed E-state index contributed by atoms with van der Waals surface area (Å²) < 4.78 is 1.75. The van der Waals surface area contributed by atoms with E-state index in [-0.39, 0.29) is 11.8 Å². The summed E-state index contributed by atoms with van der Waals surface area (Å²) >= 11 is 6.83. The highest BCUT2D eigenvalue weighted by Crippen LogP contribution is 2.27. The molecule has 0 spiro atoms. The number of benzene rings is 2. The summed E-state index contributed by atoms with van der Waals surface area (Å²) in [5.74, 6) is 0.0327. The van der Waals surface area contributed by atoms with Gasteiger partial charge in [0, 0.05) is 33.3 Å². The van der Waals surface area contributed by atoms with Crippen molar-refractivity contribution in [3.63, 3.8) is 0 Å². The van der Waals surface area contributed by atoms with Gasteiger partial charge in [0.2, 0.25) is 11.8 Å². The Kier molecular flexibility index (Phi) is 5.98. The molecular formula is C19H19Br2N3O2. The van der Waals surface area contributed by atoms with Gasteiger partial charge in [-0.1, -0.05) is 15.9 Å². The number of nitrogens with one attached hydrogen (secondary N) is 2. The second-order valence-electron chi connectivity index (χ2n) is 6.18. The maximum atomic E-state index is 12.4. The molecule has 1 aliphatic rings. The van der Waals surface area contributed by atoms with E-state index in [0.29, 0.717) is 6.42 Å². The van der Waals surface area contributed by atoms with Gasteiger partial charge < -0.3 is 15.5 Å². The van der Waals surface area contributed by atoms with E-state index in [1.165, 1.54) is 0 Å². The molecule has 1 saturated heterocycles. The normalized spacial score (nSPS) is 15.0. The summed E-state index contributed by atoms with van der Waals surface area (Å²) in [5, 5.41) is 6.08. The van der Waals surface area contributed by atoms with Crippen molar-refractivity contribution < 1.29 is 9.59 Å². The minimum Gasteiger partial charge on any atom is -0.374 e. The Morgan fingerprint density at radius 1 is 1.15 bits per heavy atom. The molecule has 0 aliphatic carbocycles. The van der Waals surface area contributed by atoms with Crippen LogP contribution in [0.2, 0.25) is 0 Å². The first kappa shape index (κ1) is 18.9. The molecule has 1 atom stereocenters. The zero-order valence-electron chi connectivity index (χ0n) is 14.3. The molecule has 7 heteroatoms. The van der Waals surface area contributed by atoms with Gasteiger partial charge >= 0.3 is 0 Å². The molecule has 0 radical (unpaired) electrons. The van der Waals surface area contributed by atoms with Crippen LogP contribution in [0, 0.1) is 0 Å². The number of hydrogen-bond acceptors (Lipinski definition) is 3. The number of hydrogen-bond donors (Lipinski definition) is 2. The summed E-state index contributed by atoms with van der Waals surface area (Å²) in [4.78, 5) is 26.0. The van der Waals surface area contributed by atoms with Gasteiger partial charge in [-0.3, -0.25) is 9.59 Å². The molecule has 2 N–H and O–H groups in total. The number of halogens is 2. The molecule has 136 valence electrons. The van der Waals surface area contributed by atoms with Gasteiger partial charge in [-0.25, -0.2) is 0 Å². The molecule has 3 rings (SSSR count). The van der Waals surface area contributed by atoms with Crippen LogP contribution in [0.3, 0.4) is 0 Å². The van der Waals surface area contributed by atoms with Crippen molar-refractivity contribution in [1.29, 1.82) is 0 Å². The number of carbonyl (C=O) groups is 2. The third kappa shape index (κ3) is 4.45. The van der Waals surface area contributed by atoms with E-state index in [0.717, 1.165) is 39.0 Å². The predicted molar refractivity (Wildman–Crippen MR) is 112 cm³/mol. The lowest BCUT2D eigenvalue weighted by Gasteiger charge is -2.18. The second kappa shape index (κ2) is 8.22. The molecular weight excluding hydrogens is 462 g/mol. The Balaban J connectivity index is 1.61. The summed E-state index contributed by atoms with van der Waals surface area (Å²) in [7, 11) is 0. The van der Waals surface area contributed by atoms with Crippen molar-refractivity contribution in [2.75, 3.05) is 22.1 Å². The molecule has 2 aromatic rings. The largest absolute Gasteiger partial charge is 0.374 e. The van der Waals surface area contributed by atoms with Gasteiger partial charge in [0.1, 0.15) is 6.04 Å². The summed E-state index contributed by atoms with van der Waals surface area (Å²) in [6.07, 6.45) is 1.52. The lowest BCUT2D eigenvalue weighted by atomic mass is 10.2. The van der Waals surface area contributed by atoms with Crippen LogP contribution in [0.1, 0.15) is 19.8 Å². The van der Waals surface area contributed by atoms with Crippen molar-refractivity contribution in [3.05, 3.63) is 51.4 Å². The number of carbonyl (C=O) groups excluding carboxylic acids is 2. The molecule has 0 aromatic heterocycles. The topological polar surface area (TPSA) is 61.4 Å². The molecule has 0 bridgehead atoms. The summed E-state index contributed by atoms with van der Waals surface area (Å²) in [6, 6.07) is 12.8. The lowest BCUT2D eigenvalue weighted by molar-refractivity contribution is -0.117. The van der Waals surface area contributed by atoms with E-state index in [9.17, 15) is 9.59 Å². The minimum atomic E-state index is -0.412. The average Bonchev–Trinajstić information content (AvgIpc) is 3.04. The van der Waals surface area contributed by atoms with E-state index in [1.54, 1.807) is 11.8 Å². The number of rotatable bonds is 5. The van der Waals surface area contributed by atoms with E-state index < -0.39 is 6.04 Å². The molecule has 1 fully saturated rings. The Morgan fingerprint density at radius 3 is 2.50 bits per heavy atom. The van der Waals surface area contributed by atoms with Gasteiger partial charge in [0.25, 0.3) is 0 Å². The number of anilines is 3. The Labute approximate surface area is 169 Å². The van der Waals surface area contributed by atoms with Gasteiger partial charge in [-0.2, -0.15) is 0 Å². The quantitative estimate of drug-likeness (QED) is 0.647. The maximum Gasteiger partial charge on any atom is 0.246 e. The predicted octanol–water partition coefficient (Wildman–Crippen LogP) is 4.78. The van der Waals surface area contributed by atoms with E-state index >= 15 is 0 Å². The SMILES string of the molecule is CC(Nc1ccc(N2CCCC2=O)cc1)C(=O)Nc1ccc(Br)cc1Br. The maximum absolute atomic E-state index is 12.4. The van der Waals surface area contributed by atoms with Crippen LogP contribution in [0.25, 0.3) is 0 Å². The highest BCUT2D eigenvalue weighted by molar-refractivity contribution is 9.11. The van der Waals surface area contributed by atoms with Crippen LogP contribution < -0.4 is 15.5 Å². The van der Waals surface area contributed by atoms with Gasteiger partial charge in [-0.15, -0.1) is 0 Å². The second-order valence-corrected chi connectivity index (χ2v) is 7.95. The first-order valence-corrected chi connectivity index (χ1v) is 9.95. The highest BCUT2D eigenvalue weighted by Gasteiger charge is 2.21. The summed E-state index contributed by atoms with van der Waals surface area (Å²) in [5.41, 5.74) is 2.45. The zero-order chi connectivity index (χ0) is 18.7. The summed E-state index contributed by atoms with van der Waals surface area (Å²) in [6.45, 7) is 2.58. The van der Waals surface area contributed by atoms with E-state index in [1.807, 2.05) is 42.5 Å². The fourth-order valence-electron chi connectivity index (χ4n) is 2.81. The lowest BCUT2D eigenvalue weighted by Crippen LogP contribution is -2.32. The Bertz CT molecular complexity index is 824. The van der Waals surface area contributed by atoms with Crippen LogP contribution in [0.5, 0.6) is 0 Å². The van der Waals surface area contributed by atoms with Crippen molar-refractivity contribution in [2.24, 2.45) is 0 Å². The van der Waals surface area contributed by atoms with E-state index in [2.05, 4.69) is 42.5 Å². The highest BCUT2D eigenvalue weighted by atomic mass is 79.9. The Hall–Kier alpha value is -1.86. The van der Waals surface area contributed by atoms with Crippen LogP contribution in [-0.2, 0) is 9.59 Å². The van der Waals surface area contributed by atoms with Crippen LogP contribution in [0.15, 0.2) is 51.4 Å². The number of nitrogens with zero attached hydrogens (tertiary/aromatic N) is 1. The van der Waals surface area contributed by atoms with Crippen molar-refractivity contribution in [1.82, 2.24) is 0 Å². The number of amides is 2. The first-order valence-electron chi connectivity index (χ1n) is 8.37. The van der Waals surface area contributed by atoms with Crippen molar-refractivity contribution >= 4 is 60.7 Å². The fourth-order valence-corrected chi connectivity index (χ4v) is 3.95. The minimum absolute atomic E-state index is 0.133. The fraction of sp³-hybridized carbons (Fsp3) is 0.263. The zero-order valence-corrected chi connectivity index (χ0v) is 17.4. The molecule has 5 nitrogen and oxygen atoms in total. The standard InChI is InChI=1S/C19H19Br2N3O2/c1-12(19(26)23-17-9-4-13(20)11-16(17)21)22-14-5-7-15(8-6-14)24-10-2-3-18(24)25/h4-9,11-12,22H,2-3,10H2,1H3,(H,23,26). The van der Waals surface area contributed by atoms with Gasteiger partial charge in [0.05, 0.1) is 5.69 Å². The van der Waals surface area contributed by atoms with Gasteiger partial charge in [0.15, 0.2) is 0 Å². The van der Waals surface area contributed by atoms with Crippen LogP contribution >= 0.6 is 31.9 Å². The average molecular weight is 481 g/mol. The molecule has 2 amide bonds. The molecule has 2 aromatic carbocycles.